The molecule has 236 valence electrons. The zero-order chi connectivity index (χ0) is 32.1. The number of carbonyl (C=O) groups is 2. The van der Waals surface area contributed by atoms with Crippen LogP contribution in [0.4, 0.5) is 13.2 Å². The van der Waals surface area contributed by atoms with Crippen LogP contribution in [-0.4, -0.2) is 48.5 Å². The van der Waals surface area contributed by atoms with E-state index in [1.54, 1.807) is 36.4 Å². The van der Waals surface area contributed by atoms with Gasteiger partial charge in [0.2, 0.25) is 5.91 Å². The monoisotopic (exact) mass is 620 g/mol. The molecule has 8 nitrogen and oxygen atoms in total. The second-order valence-electron chi connectivity index (χ2n) is 11.3. The van der Waals surface area contributed by atoms with Crippen molar-refractivity contribution in [2.24, 2.45) is 10.7 Å². The molecule has 0 bridgehead atoms. The fourth-order valence-electron chi connectivity index (χ4n) is 5.04. The van der Waals surface area contributed by atoms with Gasteiger partial charge in [-0.2, -0.15) is 0 Å². The fraction of sp³-hybridized carbons (Fsp3) is 0.324. The first-order valence-corrected chi connectivity index (χ1v) is 14.8. The molecular weight excluding hydrogens is 585 g/mol. The zero-order valence-corrected chi connectivity index (χ0v) is 25.0. The molecule has 2 aromatic carbocycles. The number of nitrogens with two attached hydrogens (primary N) is 1. The molecule has 1 aliphatic carbocycles. The van der Waals surface area contributed by atoms with Crippen molar-refractivity contribution in [2.75, 3.05) is 13.1 Å². The van der Waals surface area contributed by atoms with Crippen molar-refractivity contribution in [3.8, 4) is 16.9 Å². The number of likely N-dealkylation sites (tertiary alicyclic amines) is 1. The van der Waals surface area contributed by atoms with Gasteiger partial charge < -0.3 is 25.1 Å². The lowest BCUT2D eigenvalue weighted by Gasteiger charge is -2.31. The second kappa shape index (κ2) is 13.5. The predicted octanol–water partition coefficient (Wildman–Crippen LogP) is 6.66. The summed E-state index contributed by atoms with van der Waals surface area (Å²) < 4.78 is 54.8. The van der Waals surface area contributed by atoms with Crippen LogP contribution in [0.5, 0.6) is 5.75 Å². The third kappa shape index (κ3) is 7.84. The Morgan fingerprint density at radius 2 is 1.91 bits per heavy atom. The lowest BCUT2D eigenvalue weighted by atomic mass is 9.96. The Morgan fingerprint density at radius 3 is 2.58 bits per heavy atom. The molecule has 45 heavy (non-hydrogen) atoms. The molecular formula is C34H35F3N4O4. The second-order valence-corrected chi connectivity index (χ2v) is 11.3. The smallest absolute Gasteiger partial charge is 0.253 e. The number of aliphatic imine (C=N–C) groups is 1. The number of halogens is 3. The highest BCUT2D eigenvalue weighted by Gasteiger charge is 2.36. The molecule has 2 aliphatic rings. The highest BCUT2D eigenvalue weighted by atomic mass is 19.3. The van der Waals surface area contributed by atoms with Gasteiger partial charge in [-0.1, -0.05) is 23.8 Å². The standard InChI is InChI=1S/C34H35F3N4O4/c1-21(6-10-30(38)39-2)7-11-31(42)40-20-26-17-24-16-23(19-29(32(24)45-26)44-25-4-3-5-25)27-9-8-22(18-28(27)35)33(43)41-14-12-34(36,37)13-15-41/h6-11,16-19,25H,2-5,12-15,20,38H2,1H3,(H,40,42)/b11-7+,21-6+,30-10-. The predicted molar refractivity (Wildman–Crippen MR) is 167 cm³/mol. The number of hydrogen-bond acceptors (Lipinski definition) is 6. The zero-order valence-electron chi connectivity index (χ0n) is 25.0. The van der Waals surface area contributed by atoms with Crippen molar-refractivity contribution < 1.29 is 31.9 Å². The number of allylic oxidation sites excluding steroid dienone is 4. The van der Waals surface area contributed by atoms with E-state index in [0.717, 1.165) is 30.9 Å². The lowest BCUT2D eigenvalue weighted by Crippen LogP contribution is -2.42. The minimum atomic E-state index is -2.78. The highest BCUT2D eigenvalue weighted by Crippen LogP contribution is 2.38. The van der Waals surface area contributed by atoms with E-state index in [2.05, 4.69) is 17.0 Å². The number of alkyl halides is 2. The Kier molecular flexibility index (Phi) is 9.45. The van der Waals surface area contributed by atoms with Crippen LogP contribution in [0.25, 0.3) is 22.1 Å². The van der Waals surface area contributed by atoms with Gasteiger partial charge in [-0.05, 0) is 74.9 Å². The third-order valence-electron chi connectivity index (χ3n) is 7.92. The Morgan fingerprint density at radius 1 is 1.16 bits per heavy atom. The Labute approximate surface area is 259 Å². The molecule has 0 radical (unpaired) electrons. The summed E-state index contributed by atoms with van der Waals surface area (Å²) in [7, 11) is 0. The molecule has 3 aromatic rings. The van der Waals surface area contributed by atoms with E-state index in [4.69, 9.17) is 14.9 Å². The summed E-state index contributed by atoms with van der Waals surface area (Å²) in [5, 5.41) is 3.45. The molecule has 5 rings (SSSR count). The van der Waals surface area contributed by atoms with Crippen LogP contribution in [-0.2, 0) is 11.3 Å². The van der Waals surface area contributed by atoms with Crippen LogP contribution in [0.3, 0.4) is 0 Å². The highest BCUT2D eigenvalue weighted by molar-refractivity contribution is 5.95. The summed E-state index contributed by atoms with van der Waals surface area (Å²) in [6.45, 7) is 5.10. The van der Waals surface area contributed by atoms with Gasteiger partial charge in [0.05, 0.1) is 12.6 Å². The molecule has 2 fully saturated rings. The van der Waals surface area contributed by atoms with Gasteiger partial charge in [-0.15, -0.1) is 0 Å². The van der Waals surface area contributed by atoms with E-state index in [-0.39, 0.29) is 48.6 Å². The molecule has 0 spiro atoms. The van der Waals surface area contributed by atoms with E-state index < -0.39 is 30.5 Å². The molecule has 2 heterocycles. The summed E-state index contributed by atoms with van der Waals surface area (Å²) in [5.74, 6) is -3.01. The first-order chi connectivity index (χ1) is 21.5. The van der Waals surface area contributed by atoms with Crippen LogP contribution < -0.4 is 15.8 Å². The van der Waals surface area contributed by atoms with Gasteiger partial charge in [0.25, 0.3) is 11.8 Å². The average molecular weight is 621 g/mol. The number of fused-ring (bicyclic) bond motifs is 1. The lowest BCUT2D eigenvalue weighted by molar-refractivity contribution is -0.116. The number of hydrogen-bond donors (Lipinski definition) is 2. The van der Waals surface area contributed by atoms with Crippen LogP contribution >= 0.6 is 0 Å². The largest absolute Gasteiger partial charge is 0.486 e. The SMILES string of the molecule is C=N\C(N)=C/C=C(C)/C=C/C(=O)NCc1cc2cc(-c3ccc(C(=O)N4CCC(F)(F)CC4)cc3F)cc(OC3CCC3)c2o1. The third-order valence-corrected chi connectivity index (χ3v) is 7.92. The summed E-state index contributed by atoms with van der Waals surface area (Å²) in [4.78, 5) is 30.2. The number of amides is 2. The van der Waals surface area contributed by atoms with Crippen molar-refractivity contribution in [1.82, 2.24) is 10.2 Å². The molecule has 1 saturated heterocycles. The Hall–Kier alpha value is -4.80. The number of ether oxygens (including phenoxy) is 1. The van der Waals surface area contributed by atoms with Gasteiger partial charge in [0, 0.05) is 48.5 Å². The van der Waals surface area contributed by atoms with Crippen LogP contribution in [0.1, 0.15) is 55.1 Å². The maximum absolute atomic E-state index is 15.5. The molecule has 0 atom stereocenters. The van der Waals surface area contributed by atoms with Gasteiger partial charge >= 0.3 is 0 Å². The number of rotatable bonds is 10. The molecule has 1 aliphatic heterocycles. The Bertz CT molecular complexity index is 1690. The summed E-state index contributed by atoms with van der Waals surface area (Å²) in [6, 6.07) is 9.39. The van der Waals surface area contributed by atoms with E-state index in [0.29, 0.717) is 28.0 Å². The normalized spacial score (nSPS) is 17.4. The van der Waals surface area contributed by atoms with Crippen molar-refractivity contribution in [3.63, 3.8) is 0 Å². The van der Waals surface area contributed by atoms with E-state index >= 15 is 4.39 Å². The first kappa shape index (κ1) is 31.6. The van der Waals surface area contributed by atoms with Gasteiger partial charge in [0.15, 0.2) is 11.3 Å². The summed E-state index contributed by atoms with van der Waals surface area (Å²) in [5.41, 5.74) is 7.73. The molecule has 1 aromatic heterocycles. The maximum atomic E-state index is 15.5. The number of nitrogens with one attached hydrogen (secondary N) is 1. The minimum absolute atomic E-state index is 0.0207. The molecule has 2 amide bonds. The maximum Gasteiger partial charge on any atom is 0.253 e. The Balaban J connectivity index is 1.34. The summed E-state index contributed by atoms with van der Waals surface area (Å²) in [6.07, 6.45) is 8.37. The van der Waals surface area contributed by atoms with Crippen LogP contribution in [0.15, 0.2) is 81.5 Å². The molecule has 0 unspecified atom stereocenters. The van der Waals surface area contributed by atoms with Crippen molar-refractivity contribution in [2.45, 2.75) is 57.6 Å². The van der Waals surface area contributed by atoms with Gasteiger partial charge in [-0.25, -0.2) is 18.2 Å². The van der Waals surface area contributed by atoms with Crippen LogP contribution in [0.2, 0.25) is 0 Å². The number of furan rings is 1. The van der Waals surface area contributed by atoms with Crippen molar-refractivity contribution in [1.29, 1.82) is 0 Å². The van der Waals surface area contributed by atoms with E-state index in [1.165, 1.54) is 23.1 Å². The van der Waals surface area contributed by atoms with Gasteiger partial charge in [-0.3, -0.25) is 9.59 Å². The molecule has 1 saturated carbocycles. The van der Waals surface area contributed by atoms with Crippen molar-refractivity contribution in [3.05, 3.63) is 89.2 Å². The van der Waals surface area contributed by atoms with E-state index in [9.17, 15) is 18.4 Å². The average Bonchev–Trinajstić information content (AvgIpc) is 3.42. The topological polar surface area (TPSA) is 110 Å². The van der Waals surface area contributed by atoms with E-state index in [1.807, 2.05) is 6.92 Å². The molecule has 11 heteroatoms. The minimum Gasteiger partial charge on any atom is -0.486 e. The molecule has 3 N–H and O–H groups in total. The van der Waals surface area contributed by atoms with Crippen LogP contribution in [0, 0.1) is 5.82 Å². The number of nitrogens with zero attached hydrogens (tertiary/aromatic N) is 2. The van der Waals surface area contributed by atoms with Crippen molar-refractivity contribution >= 4 is 29.5 Å². The fourth-order valence-corrected chi connectivity index (χ4v) is 5.04. The quantitative estimate of drug-likeness (QED) is 0.150. The number of benzene rings is 2. The number of carbonyl (C=O) groups excluding carboxylic acids is 2. The number of piperidine rings is 1. The summed E-state index contributed by atoms with van der Waals surface area (Å²) >= 11 is 0. The van der Waals surface area contributed by atoms with Gasteiger partial charge in [0.1, 0.15) is 17.4 Å². The first-order valence-electron chi connectivity index (χ1n) is 14.8.